The Bertz CT molecular complexity index is 4090. The molecule has 0 saturated carbocycles. The van der Waals surface area contributed by atoms with Gasteiger partial charge in [0.25, 0.3) is 0 Å². The van der Waals surface area contributed by atoms with Crippen molar-refractivity contribution in [1.29, 1.82) is 0 Å². The normalized spacial score (nSPS) is 14.8. The van der Waals surface area contributed by atoms with Crippen molar-refractivity contribution < 1.29 is 114 Å². The van der Waals surface area contributed by atoms with Crippen molar-refractivity contribution in [1.82, 2.24) is 52.8 Å². The number of halogens is 3. The van der Waals surface area contributed by atoms with Crippen LogP contribution in [-0.4, -0.2) is 223 Å². The number of Topliss-reactive ketones (excluding diaryl/α,β-unsaturated/α-hetero) is 2. The largest absolute Gasteiger partial charge is 0.490 e. The van der Waals surface area contributed by atoms with E-state index in [0.717, 1.165) is 55.3 Å². The number of hydrogen-bond acceptors (Lipinski definition) is 22. The molecule has 4 aromatic carbocycles. The van der Waals surface area contributed by atoms with Gasteiger partial charge in [-0.1, -0.05) is 149 Å². The lowest BCUT2D eigenvalue weighted by Crippen LogP contribution is -2.54. The minimum atomic E-state index is -5.08. The van der Waals surface area contributed by atoms with E-state index >= 15 is 0 Å². The van der Waals surface area contributed by atoms with Crippen molar-refractivity contribution >= 4 is 89.0 Å². The van der Waals surface area contributed by atoms with Crippen LogP contribution >= 0.6 is 0 Å². The standard InChI is InChI=1S/C41H60N4O9.C39H56N6O7.C8H14N2O3.C2HF3O2/c1-27(2)23-30(35(47)43-31(37(49)50)21-15-16-22-42-38(51)53-40(3,4)5)26-34(46)32(24-28-17-11-9-12-18-28)44-36(48)33(25-29-19-13-10-14-20-29)45-39(52)54-41(6,7)8;1-26(2)22-29(25-34(46)33(24-28-14-8-5-9-15-28)44-36(48)31(41)23-27-12-6-4-7-13-27)35(47)43-32(16-10-11-19-40)38(50)45-20-17-30(18-21-45)42-37(49)39(51)52-3;1-13-8(12)7(11)10-6-2-4-9-5-3-6;3-2(4,5)1(6)7/h9-14,17-20,27,30-33H,15-16,21-26H2,1-8H3,(H,42,51)(H,43,47)(H,44,48)(H,45,52)(H,49,50);4-9,12-15,26,29-33H,10-11,16-25,40-41H2,1-3H3,(H,42,49)(H,43,47)(H,44,48);6,9H,2-5H2,1H3,(H,10,11);(H,6,7)/t30-,31+,32+,33+;29-,31+,32+,33+;;/m00../s1. The molecular formula is C90H131F3N12O21. The lowest BCUT2D eigenvalue weighted by molar-refractivity contribution is -0.192. The van der Waals surface area contributed by atoms with Crippen molar-refractivity contribution in [3.63, 3.8) is 0 Å². The molecule has 0 aromatic heterocycles. The zero-order valence-electron chi connectivity index (χ0n) is 74.3. The van der Waals surface area contributed by atoms with Crippen LogP contribution in [0.2, 0.25) is 0 Å². The van der Waals surface area contributed by atoms with Crippen LogP contribution in [0.5, 0.6) is 0 Å². The average molecular weight is 1770 g/mol. The Kier molecular flexibility index (Phi) is 48.8. The third-order valence-electron chi connectivity index (χ3n) is 19.6. The van der Waals surface area contributed by atoms with E-state index in [2.05, 4.69) is 57.3 Å². The Balaban J connectivity index is 0.000000531. The molecule has 36 heteroatoms. The number of nitrogens with two attached hydrogens (primary N) is 2. The molecule has 0 spiro atoms. The number of ether oxygens (including phenoxy) is 4. The van der Waals surface area contributed by atoms with E-state index in [0.29, 0.717) is 83.8 Å². The van der Waals surface area contributed by atoms with Crippen LogP contribution in [0.1, 0.15) is 181 Å². The van der Waals surface area contributed by atoms with Crippen LogP contribution in [0.3, 0.4) is 0 Å². The molecule has 2 heterocycles. The van der Waals surface area contributed by atoms with Gasteiger partial charge in [0.1, 0.15) is 29.3 Å². The van der Waals surface area contributed by atoms with Crippen molar-refractivity contribution in [2.45, 2.75) is 251 Å². The number of esters is 2. The summed E-state index contributed by atoms with van der Waals surface area (Å²) < 4.78 is 51.1. The molecular weight excluding hydrogens is 1640 g/mol. The number of unbranched alkanes of at least 4 members (excludes halogenated alkanes) is 2. The third-order valence-corrected chi connectivity index (χ3v) is 19.6. The zero-order valence-corrected chi connectivity index (χ0v) is 74.3. The summed E-state index contributed by atoms with van der Waals surface area (Å²) in [6.45, 7) is 21.2. The van der Waals surface area contributed by atoms with E-state index in [9.17, 15) is 85.4 Å². The lowest BCUT2D eigenvalue weighted by Gasteiger charge is -2.35. The van der Waals surface area contributed by atoms with Gasteiger partial charge in [-0.3, -0.25) is 43.2 Å². The van der Waals surface area contributed by atoms with Gasteiger partial charge < -0.3 is 93.4 Å². The number of hydrogen-bond donors (Lipinski definition) is 13. The summed E-state index contributed by atoms with van der Waals surface area (Å²) in [5, 5.41) is 42.1. The van der Waals surface area contributed by atoms with E-state index in [1.807, 2.05) is 149 Å². The summed E-state index contributed by atoms with van der Waals surface area (Å²) in [5.74, 6) is -11.8. The van der Waals surface area contributed by atoms with Crippen LogP contribution in [-0.2, 0) is 107 Å². The Morgan fingerprint density at radius 2 is 0.841 bits per heavy atom. The molecule has 0 unspecified atom stereocenters. The summed E-state index contributed by atoms with van der Waals surface area (Å²) >= 11 is 0. The molecule has 0 radical (unpaired) electrons. The van der Waals surface area contributed by atoms with Crippen LogP contribution in [0, 0.1) is 23.7 Å². The number of carboxylic acid groups (broad SMARTS) is 2. The van der Waals surface area contributed by atoms with Crippen LogP contribution < -0.4 is 59.3 Å². The number of nitrogens with zero attached hydrogens (tertiary/aromatic N) is 1. The average Bonchev–Trinajstić information content (AvgIpc) is 0.846. The molecule has 2 fully saturated rings. The number of benzene rings is 4. The highest BCUT2D eigenvalue weighted by Gasteiger charge is 2.40. The first kappa shape index (κ1) is 109. The highest BCUT2D eigenvalue weighted by molar-refractivity contribution is 6.33. The molecule has 6 rings (SSSR count). The van der Waals surface area contributed by atoms with Gasteiger partial charge in [0.05, 0.1) is 32.3 Å². The number of methoxy groups -OCH3 is 2. The van der Waals surface area contributed by atoms with Crippen molar-refractivity contribution in [3.8, 4) is 0 Å². The molecule has 2 aliphatic rings. The van der Waals surface area contributed by atoms with Gasteiger partial charge in [0, 0.05) is 62.8 Å². The maximum atomic E-state index is 14.1. The smallest absolute Gasteiger partial charge is 0.480 e. The predicted molar refractivity (Wildman–Crippen MR) is 463 cm³/mol. The van der Waals surface area contributed by atoms with Gasteiger partial charge in [-0.2, -0.15) is 13.2 Å². The first-order chi connectivity index (χ1) is 59.3. The number of aliphatic carboxylic acids is 2. The van der Waals surface area contributed by atoms with Gasteiger partial charge in [0.2, 0.25) is 29.5 Å². The number of alkyl halides is 3. The first-order valence-corrected chi connectivity index (χ1v) is 42.5. The van der Waals surface area contributed by atoms with Gasteiger partial charge >= 0.3 is 54.1 Å². The molecule has 15 N–H and O–H groups in total. The number of rotatable bonds is 40. The fourth-order valence-electron chi connectivity index (χ4n) is 13.4. The minimum absolute atomic E-state index is 0.00815. The topological polar surface area (TPSA) is 497 Å². The van der Waals surface area contributed by atoms with Gasteiger partial charge in [-0.15, -0.1) is 0 Å². The molecule has 0 aliphatic carbocycles. The summed E-state index contributed by atoms with van der Waals surface area (Å²) in [6.07, 6.45) is -0.126. The molecule has 126 heavy (non-hydrogen) atoms. The van der Waals surface area contributed by atoms with E-state index in [4.69, 9.17) is 30.8 Å². The van der Waals surface area contributed by atoms with Crippen molar-refractivity contribution in [3.05, 3.63) is 144 Å². The highest BCUT2D eigenvalue weighted by Crippen LogP contribution is 2.24. The molecule has 0 bridgehead atoms. The highest BCUT2D eigenvalue weighted by atomic mass is 19.4. The number of alkyl carbamates (subject to hydrolysis) is 2. The Hall–Kier alpha value is -11.4. The maximum absolute atomic E-state index is 14.1. The second-order valence-electron chi connectivity index (χ2n) is 33.7. The quantitative estimate of drug-likeness (QED) is 0.00906. The van der Waals surface area contributed by atoms with Gasteiger partial charge in [0.15, 0.2) is 11.6 Å². The van der Waals surface area contributed by atoms with Gasteiger partial charge in [-0.25, -0.2) is 28.8 Å². The van der Waals surface area contributed by atoms with Crippen LogP contribution in [0.15, 0.2) is 121 Å². The molecule has 2 aliphatic heterocycles. The summed E-state index contributed by atoms with van der Waals surface area (Å²) in [7, 11) is 2.33. The van der Waals surface area contributed by atoms with E-state index in [-0.39, 0.29) is 80.7 Å². The minimum Gasteiger partial charge on any atom is -0.480 e. The number of carboxylic acids is 2. The SMILES string of the molecule is CC(C)C[C@@H](CC(=O)[C@@H](Cc1ccccc1)NC(=O)[C@@H](Cc1ccccc1)NC(=O)OC(C)(C)C)C(=O)N[C@H](CCCCNC(=O)OC(C)(C)C)C(=O)O.COC(=O)C(=O)NC1CCN(C(=O)[C@@H](CCCCN)NC(=O)[C@H](CC(=O)[C@@H](Cc2ccccc2)NC(=O)[C@H](N)Cc2ccccc2)CC(C)C)CC1.COC(=O)C(=O)NC1CCNCC1.O=C(O)C(F)(F)F. The number of amides is 9. The Morgan fingerprint density at radius 3 is 1.23 bits per heavy atom. The first-order valence-electron chi connectivity index (χ1n) is 42.5. The Labute approximate surface area is 735 Å². The van der Waals surface area contributed by atoms with E-state index in [1.54, 1.807) is 46.4 Å². The molecule has 33 nitrogen and oxygen atoms in total. The summed E-state index contributed by atoms with van der Waals surface area (Å²) in [5.41, 5.74) is 13.8. The third kappa shape index (κ3) is 45.5. The van der Waals surface area contributed by atoms with Crippen LogP contribution in [0.25, 0.3) is 0 Å². The predicted octanol–water partition coefficient (Wildman–Crippen LogP) is 7.20. The fourth-order valence-corrected chi connectivity index (χ4v) is 13.4. The molecule has 8 atom stereocenters. The second kappa shape index (κ2) is 56.5. The number of nitrogens with one attached hydrogen (secondary N) is 9. The number of carbonyl (C=O) groups excluding carboxylic acids is 13. The Morgan fingerprint density at radius 1 is 0.476 bits per heavy atom. The second-order valence-corrected chi connectivity index (χ2v) is 33.7. The molecule has 9 amide bonds. The van der Waals surface area contributed by atoms with E-state index in [1.165, 1.54) is 7.11 Å². The lowest BCUT2D eigenvalue weighted by atomic mass is 9.88. The van der Waals surface area contributed by atoms with Gasteiger partial charge in [-0.05, 0) is 192 Å². The van der Waals surface area contributed by atoms with Crippen LogP contribution in [0.4, 0.5) is 22.8 Å². The maximum Gasteiger partial charge on any atom is 0.490 e. The fraction of sp³-hybridized carbons (Fsp3) is 0.567. The molecule has 2 saturated heterocycles. The molecule has 698 valence electrons. The molecule has 4 aromatic rings. The number of likely N-dealkylation sites (tertiary alicyclic amines) is 1. The van der Waals surface area contributed by atoms with Crippen molar-refractivity contribution in [2.75, 3.05) is 53.5 Å². The van der Waals surface area contributed by atoms with Crippen molar-refractivity contribution in [2.24, 2.45) is 35.1 Å². The number of piperidine rings is 2. The monoisotopic (exact) mass is 1770 g/mol. The van der Waals surface area contributed by atoms with E-state index < -0.39 is 143 Å². The summed E-state index contributed by atoms with van der Waals surface area (Å²) in [6, 6.07) is 30.8. The summed E-state index contributed by atoms with van der Waals surface area (Å²) in [4.78, 5) is 189. The number of carbonyl (C=O) groups is 15. The number of ketones is 2. The zero-order chi connectivity index (χ0) is 94.3.